The third-order valence-corrected chi connectivity index (χ3v) is 1.46. The topological polar surface area (TPSA) is 0 Å². The molecule has 0 atom stereocenters. The van der Waals surface area contributed by atoms with E-state index < -0.39 is 0 Å². The Morgan fingerprint density at radius 3 is 1.88 bits per heavy atom. The summed E-state index contributed by atoms with van der Waals surface area (Å²) in [6.07, 6.45) is 2.11. The third-order valence-electron chi connectivity index (χ3n) is 1.10. The predicted molar refractivity (Wildman–Crippen MR) is 47.2 cm³/mol. The van der Waals surface area contributed by atoms with Gasteiger partial charge in [-0.3, -0.25) is 0 Å². The van der Waals surface area contributed by atoms with Crippen LogP contribution in [0.15, 0.2) is 21.3 Å². The summed E-state index contributed by atoms with van der Waals surface area (Å²) in [7, 11) is 0. The fourth-order valence-corrected chi connectivity index (χ4v) is 0.801. The van der Waals surface area contributed by atoms with E-state index in [2.05, 4.69) is 49.4 Å². The van der Waals surface area contributed by atoms with E-state index in [4.69, 9.17) is 0 Å². The maximum atomic E-state index is 2.22. The first-order valence-corrected chi connectivity index (χ1v) is 3.84. The molecule has 0 aliphatic carbocycles. The average Bonchev–Trinajstić information content (AvgIpc) is 1.67. The Hall–Kier alpha value is 0.210. The second kappa shape index (κ2) is 4.13. The minimum absolute atomic E-state index is 1.36. The molecule has 0 heterocycles. The standard InChI is InChI=1S/C7H11I/c1-6(2)7(3)4-5-8/h4-5H,1-3H3/b5-4-. The van der Waals surface area contributed by atoms with E-state index in [-0.39, 0.29) is 0 Å². The molecular weight excluding hydrogens is 211 g/mol. The zero-order chi connectivity index (χ0) is 6.57. The lowest BCUT2D eigenvalue weighted by Gasteiger charge is -1.91. The molecule has 1 heteroatoms. The van der Waals surface area contributed by atoms with Crippen LogP contribution in [-0.4, -0.2) is 0 Å². The minimum Gasteiger partial charge on any atom is -0.0735 e. The molecule has 0 spiro atoms. The smallest absolute Gasteiger partial charge is 0.0231 e. The molecule has 0 bridgehead atoms. The highest BCUT2D eigenvalue weighted by atomic mass is 127. The van der Waals surface area contributed by atoms with Crippen LogP contribution in [0.3, 0.4) is 0 Å². The summed E-state index contributed by atoms with van der Waals surface area (Å²) in [6.45, 7) is 6.35. The maximum Gasteiger partial charge on any atom is -0.0231 e. The fraction of sp³-hybridized carbons (Fsp3) is 0.429. The number of allylic oxidation sites excluding steroid dienone is 3. The van der Waals surface area contributed by atoms with Gasteiger partial charge in [-0.05, 0) is 24.9 Å². The van der Waals surface area contributed by atoms with E-state index in [0.717, 1.165) is 0 Å². The second-order valence-corrected chi connectivity index (χ2v) is 2.69. The molecule has 0 aromatic rings. The summed E-state index contributed by atoms with van der Waals surface area (Å²) in [4.78, 5) is 0. The van der Waals surface area contributed by atoms with Crippen LogP contribution < -0.4 is 0 Å². The van der Waals surface area contributed by atoms with Crippen molar-refractivity contribution in [1.82, 2.24) is 0 Å². The van der Waals surface area contributed by atoms with Crippen molar-refractivity contribution < 1.29 is 0 Å². The van der Waals surface area contributed by atoms with Crippen LogP contribution in [0.25, 0.3) is 0 Å². The molecule has 0 nitrogen and oxygen atoms in total. The average molecular weight is 222 g/mol. The van der Waals surface area contributed by atoms with Crippen molar-refractivity contribution in [3.63, 3.8) is 0 Å². The normalized spacial score (nSPS) is 10.0. The van der Waals surface area contributed by atoms with E-state index in [1.165, 1.54) is 11.1 Å². The Morgan fingerprint density at radius 2 is 1.75 bits per heavy atom. The lowest BCUT2D eigenvalue weighted by atomic mass is 10.2. The molecule has 0 saturated carbocycles. The van der Waals surface area contributed by atoms with Gasteiger partial charge in [0.15, 0.2) is 0 Å². The quantitative estimate of drug-likeness (QED) is 0.471. The van der Waals surface area contributed by atoms with Crippen LogP contribution in [-0.2, 0) is 0 Å². The van der Waals surface area contributed by atoms with Crippen LogP contribution in [0.2, 0.25) is 0 Å². The molecule has 0 aromatic carbocycles. The Labute approximate surface area is 64.8 Å². The van der Waals surface area contributed by atoms with E-state index in [1.54, 1.807) is 0 Å². The van der Waals surface area contributed by atoms with Gasteiger partial charge in [-0.15, -0.1) is 0 Å². The molecule has 46 valence electrons. The first kappa shape index (κ1) is 8.21. The van der Waals surface area contributed by atoms with Crippen LogP contribution in [0.5, 0.6) is 0 Å². The van der Waals surface area contributed by atoms with Gasteiger partial charge in [-0.1, -0.05) is 39.8 Å². The maximum absolute atomic E-state index is 2.22. The first-order valence-electron chi connectivity index (χ1n) is 2.59. The van der Waals surface area contributed by atoms with E-state index in [9.17, 15) is 0 Å². The van der Waals surface area contributed by atoms with Crippen LogP contribution in [0.1, 0.15) is 20.8 Å². The molecule has 0 radical (unpaired) electrons. The molecule has 0 aromatic heterocycles. The molecular formula is C7H11I. The van der Waals surface area contributed by atoms with Crippen molar-refractivity contribution in [2.24, 2.45) is 0 Å². The van der Waals surface area contributed by atoms with Crippen molar-refractivity contribution in [3.8, 4) is 0 Å². The molecule has 8 heavy (non-hydrogen) atoms. The van der Waals surface area contributed by atoms with Gasteiger partial charge >= 0.3 is 0 Å². The molecule has 0 rings (SSSR count). The minimum atomic E-state index is 1.36. The molecule has 0 unspecified atom stereocenters. The Balaban J connectivity index is 4.00. The monoisotopic (exact) mass is 222 g/mol. The highest BCUT2D eigenvalue weighted by Crippen LogP contribution is 2.03. The van der Waals surface area contributed by atoms with Gasteiger partial charge in [0, 0.05) is 0 Å². The summed E-state index contributed by atoms with van der Waals surface area (Å²) in [5, 5.41) is 0. The summed E-state index contributed by atoms with van der Waals surface area (Å²) >= 11 is 2.22. The van der Waals surface area contributed by atoms with Crippen molar-refractivity contribution in [2.75, 3.05) is 0 Å². The lowest BCUT2D eigenvalue weighted by molar-refractivity contribution is 1.30. The SMILES string of the molecule is CC(C)=C(C)/C=C\I. The van der Waals surface area contributed by atoms with E-state index in [0.29, 0.717) is 0 Å². The van der Waals surface area contributed by atoms with Crippen molar-refractivity contribution in [3.05, 3.63) is 21.3 Å². The van der Waals surface area contributed by atoms with Gasteiger partial charge in [0.05, 0.1) is 0 Å². The van der Waals surface area contributed by atoms with Gasteiger partial charge in [0.2, 0.25) is 0 Å². The zero-order valence-electron chi connectivity index (χ0n) is 5.53. The first-order chi connectivity index (χ1) is 3.68. The second-order valence-electron chi connectivity index (χ2n) is 1.98. The van der Waals surface area contributed by atoms with Crippen molar-refractivity contribution >= 4 is 22.6 Å². The fourth-order valence-electron chi connectivity index (χ4n) is 0.261. The molecule has 0 N–H and O–H groups in total. The molecule has 0 aliphatic heterocycles. The molecule has 0 aliphatic rings. The van der Waals surface area contributed by atoms with Crippen LogP contribution in [0, 0.1) is 0 Å². The summed E-state index contributed by atoms with van der Waals surface area (Å²) < 4.78 is 2.03. The number of hydrogen-bond donors (Lipinski definition) is 0. The number of halogens is 1. The number of hydrogen-bond acceptors (Lipinski definition) is 0. The largest absolute Gasteiger partial charge is 0.0735 e. The zero-order valence-corrected chi connectivity index (χ0v) is 7.69. The Morgan fingerprint density at radius 1 is 1.25 bits per heavy atom. The van der Waals surface area contributed by atoms with Crippen LogP contribution in [0.4, 0.5) is 0 Å². The van der Waals surface area contributed by atoms with E-state index >= 15 is 0 Å². The lowest BCUT2D eigenvalue weighted by Crippen LogP contribution is -1.70. The third kappa shape index (κ3) is 3.24. The van der Waals surface area contributed by atoms with Gasteiger partial charge < -0.3 is 0 Å². The summed E-state index contributed by atoms with van der Waals surface area (Å²) in [6, 6.07) is 0. The summed E-state index contributed by atoms with van der Waals surface area (Å²) in [5.41, 5.74) is 2.75. The van der Waals surface area contributed by atoms with Gasteiger partial charge in [-0.25, -0.2) is 0 Å². The molecule has 0 saturated heterocycles. The van der Waals surface area contributed by atoms with E-state index in [1.807, 2.05) is 4.08 Å². The van der Waals surface area contributed by atoms with Crippen molar-refractivity contribution in [1.29, 1.82) is 0 Å². The highest BCUT2D eigenvalue weighted by Gasteiger charge is 1.81. The summed E-state index contributed by atoms with van der Waals surface area (Å²) in [5.74, 6) is 0. The van der Waals surface area contributed by atoms with Crippen molar-refractivity contribution in [2.45, 2.75) is 20.8 Å². The van der Waals surface area contributed by atoms with Gasteiger partial charge in [0.1, 0.15) is 0 Å². The van der Waals surface area contributed by atoms with Crippen LogP contribution >= 0.6 is 22.6 Å². The van der Waals surface area contributed by atoms with Gasteiger partial charge in [0.25, 0.3) is 0 Å². The predicted octanol–water partition coefficient (Wildman–Crippen LogP) is 3.29. The molecule has 0 fully saturated rings. The Kier molecular flexibility index (Phi) is 4.23. The Bertz CT molecular complexity index is 116. The highest BCUT2D eigenvalue weighted by molar-refractivity contribution is 14.1. The molecule has 0 amide bonds. The number of rotatable bonds is 1. The van der Waals surface area contributed by atoms with Gasteiger partial charge in [-0.2, -0.15) is 0 Å².